The molecule has 0 spiro atoms. The zero-order valence-corrected chi connectivity index (χ0v) is 12.0. The van der Waals surface area contributed by atoms with Gasteiger partial charge < -0.3 is 5.32 Å². The number of thiazole rings is 1. The Balaban J connectivity index is 2.56. The first-order valence-corrected chi connectivity index (χ1v) is 6.85. The lowest BCUT2D eigenvalue weighted by Crippen LogP contribution is -2.04. The van der Waals surface area contributed by atoms with Crippen LogP contribution in [0.3, 0.4) is 0 Å². The standard InChI is InChI=1S/C10H11IN4S/c1-3-6-8(11)10(12-2)15-9(14-6)7-4-13-5-16-7/h4-5H,3H2,1-2H3,(H,12,14,15). The van der Waals surface area contributed by atoms with E-state index in [1.807, 2.05) is 7.05 Å². The molecule has 0 saturated heterocycles. The Morgan fingerprint density at radius 1 is 1.44 bits per heavy atom. The van der Waals surface area contributed by atoms with Crippen molar-refractivity contribution in [3.05, 3.63) is 21.0 Å². The smallest absolute Gasteiger partial charge is 0.173 e. The van der Waals surface area contributed by atoms with Crippen LogP contribution in [0.15, 0.2) is 11.7 Å². The predicted octanol–water partition coefficient (Wildman–Crippen LogP) is 2.81. The van der Waals surface area contributed by atoms with Crippen LogP contribution in [0, 0.1) is 3.57 Å². The minimum atomic E-state index is 0.754. The molecule has 0 aliphatic rings. The number of halogens is 1. The maximum Gasteiger partial charge on any atom is 0.173 e. The van der Waals surface area contributed by atoms with Crippen LogP contribution in [0.1, 0.15) is 12.6 Å². The van der Waals surface area contributed by atoms with Gasteiger partial charge in [-0.1, -0.05) is 6.92 Å². The molecule has 0 aliphatic carbocycles. The first kappa shape index (κ1) is 11.7. The van der Waals surface area contributed by atoms with Gasteiger partial charge in [0, 0.05) is 13.2 Å². The summed E-state index contributed by atoms with van der Waals surface area (Å²) in [6.45, 7) is 2.10. The Morgan fingerprint density at radius 3 is 2.81 bits per heavy atom. The van der Waals surface area contributed by atoms with Gasteiger partial charge >= 0.3 is 0 Å². The van der Waals surface area contributed by atoms with E-state index in [0.29, 0.717) is 0 Å². The van der Waals surface area contributed by atoms with Crippen LogP contribution >= 0.6 is 33.9 Å². The highest BCUT2D eigenvalue weighted by atomic mass is 127. The predicted molar refractivity (Wildman–Crippen MR) is 74.8 cm³/mol. The lowest BCUT2D eigenvalue weighted by atomic mass is 10.3. The van der Waals surface area contributed by atoms with E-state index in [9.17, 15) is 0 Å². The van der Waals surface area contributed by atoms with E-state index >= 15 is 0 Å². The third-order valence-electron chi connectivity index (χ3n) is 2.14. The fourth-order valence-electron chi connectivity index (χ4n) is 1.33. The summed E-state index contributed by atoms with van der Waals surface area (Å²) in [4.78, 5) is 14.1. The monoisotopic (exact) mass is 346 g/mol. The molecular formula is C10H11IN4S. The van der Waals surface area contributed by atoms with Gasteiger partial charge in [-0.25, -0.2) is 9.97 Å². The van der Waals surface area contributed by atoms with Crippen molar-refractivity contribution < 1.29 is 0 Å². The number of anilines is 1. The molecule has 1 N–H and O–H groups in total. The number of nitrogens with zero attached hydrogens (tertiary/aromatic N) is 3. The summed E-state index contributed by atoms with van der Waals surface area (Å²) in [5.41, 5.74) is 2.87. The van der Waals surface area contributed by atoms with Crippen LogP contribution in [0.25, 0.3) is 10.7 Å². The SMILES string of the molecule is CCc1nc(-c2cncs2)nc(NC)c1I. The quantitative estimate of drug-likeness (QED) is 0.869. The van der Waals surface area contributed by atoms with Crippen LogP contribution in [-0.2, 0) is 6.42 Å². The summed E-state index contributed by atoms with van der Waals surface area (Å²) in [5, 5.41) is 3.10. The molecule has 2 heterocycles. The maximum absolute atomic E-state index is 4.55. The molecule has 84 valence electrons. The van der Waals surface area contributed by atoms with Gasteiger partial charge in [-0.2, -0.15) is 0 Å². The molecule has 0 amide bonds. The van der Waals surface area contributed by atoms with Gasteiger partial charge in [0.1, 0.15) is 5.82 Å². The normalized spacial score (nSPS) is 10.4. The van der Waals surface area contributed by atoms with E-state index in [1.54, 1.807) is 23.0 Å². The molecule has 0 aliphatic heterocycles. The Labute approximate surface area is 112 Å². The second kappa shape index (κ2) is 5.05. The Hall–Kier alpha value is -0.760. The van der Waals surface area contributed by atoms with Crippen LogP contribution in [0.2, 0.25) is 0 Å². The van der Waals surface area contributed by atoms with Gasteiger partial charge in [0.2, 0.25) is 0 Å². The molecule has 16 heavy (non-hydrogen) atoms. The van der Waals surface area contributed by atoms with Crippen LogP contribution < -0.4 is 5.32 Å². The average Bonchev–Trinajstić information content (AvgIpc) is 2.83. The van der Waals surface area contributed by atoms with Gasteiger partial charge in [0.05, 0.1) is 19.7 Å². The van der Waals surface area contributed by atoms with Gasteiger partial charge in [-0.05, 0) is 29.0 Å². The first-order chi connectivity index (χ1) is 7.76. The number of rotatable bonds is 3. The topological polar surface area (TPSA) is 50.7 Å². The lowest BCUT2D eigenvalue weighted by Gasteiger charge is -2.08. The fraction of sp³-hybridized carbons (Fsp3) is 0.300. The molecule has 2 rings (SSSR count). The number of nitrogens with one attached hydrogen (secondary N) is 1. The largest absolute Gasteiger partial charge is 0.372 e. The zero-order valence-electron chi connectivity index (χ0n) is 8.99. The van der Waals surface area contributed by atoms with Gasteiger partial charge in [0.25, 0.3) is 0 Å². The molecule has 4 nitrogen and oxygen atoms in total. The van der Waals surface area contributed by atoms with Crippen LogP contribution in [0.5, 0.6) is 0 Å². The summed E-state index contributed by atoms with van der Waals surface area (Å²) >= 11 is 3.83. The third-order valence-corrected chi connectivity index (χ3v) is 4.05. The highest BCUT2D eigenvalue weighted by Crippen LogP contribution is 2.25. The molecule has 0 aromatic carbocycles. The van der Waals surface area contributed by atoms with Crippen molar-refractivity contribution >= 4 is 39.7 Å². The molecule has 0 radical (unpaired) electrons. The highest BCUT2D eigenvalue weighted by molar-refractivity contribution is 14.1. The summed E-state index contributed by atoms with van der Waals surface area (Å²) in [6.07, 6.45) is 2.70. The molecule has 0 bridgehead atoms. The van der Waals surface area contributed by atoms with Gasteiger partial charge in [0.15, 0.2) is 5.82 Å². The van der Waals surface area contributed by atoms with E-state index in [-0.39, 0.29) is 0 Å². The molecule has 0 atom stereocenters. The molecule has 2 aromatic heterocycles. The molecule has 2 aromatic rings. The van der Waals surface area contributed by atoms with Gasteiger partial charge in [-0.15, -0.1) is 11.3 Å². The molecule has 6 heteroatoms. The molecule has 0 unspecified atom stereocenters. The minimum Gasteiger partial charge on any atom is -0.372 e. The van der Waals surface area contributed by atoms with E-state index in [1.165, 1.54) is 0 Å². The van der Waals surface area contributed by atoms with Crippen molar-refractivity contribution in [3.63, 3.8) is 0 Å². The lowest BCUT2D eigenvalue weighted by molar-refractivity contribution is 0.992. The van der Waals surface area contributed by atoms with E-state index in [4.69, 9.17) is 0 Å². The summed E-state index contributed by atoms with van der Waals surface area (Å²) in [7, 11) is 1.88. The second-order valence-corrected chi connectivity index (χ2v) is 5.09. The fourth-order valence-corrected chi connectivity index (χ4v) is 2.78. The van der Waals surface area contributed by atoms with Crippen molar-refractivity contribution in [1.82, 2.24) is 15.0 Å². The molecular weight excluding hydrogens is 335 g/mol. The minimum absolute atomic E-state index is 0.754. The Bertz CT molecular complexity index is 459. The van der Waals surface area contributed by atoms with Crippen molar-refractivity contribution in [2.75, 3.05) is 12.4 Å². The van der Waals surface area contributed by atoms with E-state index in [2.05, 4.69) is 49.8 Å². The number of aryl methyl sites for hydroxylation is 1. The Morgan fingerprint density at radius 2 is 2.25 bits per heavy atom. The zero-order chi connectivity index (χ0) is 11.5. The summed E-state index contributed by atoms with van der Waals surface area (Å²) < 4.78 is 1.09. The maximum atomic E-state index is 4.55. The summed E-state index contributed by atoms with van der Waals surface area (Å²) in [5.74, 6) is 1.64. The average molecular weight is 346 g/mol. The summed E-state index contributed by atoms with van der Waals surface area (Å²) in [6, 6.07) is 0. The van der Waals surface area contributed by atoms with Crippen molar-refractivity contribution in [2.45, 2.75) is 13.3 Å². The van der Waals surface area contributed by atoms with Crippen molar-refractivity contribution in [3.8, 4) is 10.7 Å². The van der Waals surface area contributed by atoms with Crippen molar-refractivity contribution in [1.29, 1.82) is 0 Å². The number of hydrogen-bond donors (Lipinski definition) is 1. The van der Waals surface area contributed by atoms with Crippen molar-refractivity contribution in [2.24, 2.45) is 0 Å². The molecule has 0 saturated carbocycles. The highest BCUT2D eigenvalue weighted by Gasteiger charge is 2.11. The van der Waals surface area contributed by atoms with E-state index in [0.717, 1.165) is 32.2 Å². The van der Waals surface area contributed by atoms with Crippen LogP contribution in [0.4, 0.5) is 5.82 Å². The number of hydrogen-bond acceptors (Lipinski definition) is 5. The second-order valence-electron chi connectivity index (χ2n) is 3.13. The van der Waals surface area contributed by atoms with Gasteiger partial charge in [-0.3, -0.25) is 4.98 Å². The molecule has 0 fully saturated rings. The third kappa shape index (κ3) is 2.17. The number of aromatic nitrogens is 3. The van der Waals surface area contributed by atoms with Crippen LogP contribution in [-0.4, -0.2) is 22.0 Å². The van der Waals surface area contributed by atoms with E-state index < -0.39 is 0 Å². The Kier molecular flexibility index (Phi) is 3.70. The first-order valence-electron chi connectivity index (χ1n) is 4.89.